The Balaban J connectivity index is 2.40. The molecule has 0 unspecified atom stereocenters. The number of carbonyl (C=O) groups is 1. The molecular weight excluding hydrogens is 166 g/mol. The summed E-state index contributed by atoms with van der Waals surface area (Å²) < 4.78 is 0. The molecule has 0 spiro atoms. The first-order chi connectivity index (χ1) is 5.43. The molecule has 3 N–H and O–H groups in total. The van der Waals surface area contributed by atoms with Crippen molar-refractivity contribution < 1.29 is 14.8 Å². The van der Waals surface area contributed by atoms with Gasteiger partial charge in [-0.05, 0) is 0 Å². The lowest BCUT2D eigenvalue weighted by Crippen LogP contribution is -2.71. The Bertz CT molecular complexity index is 223. The van der Waals surface area contributed by atoms with E-state index in [1.807, 2.05) is 0 Å². The molecule has 1 aliphatic rings. The highest BCUT2D eigenvalue weighted by molar-refractivity contribution is 5.66. The average Bonchev–Trinajstić information content (AvgIpc) is 1.80. The lowest BCUT2D eigenvalue weighted by atomic mass is 9.92. The van der Waals surface area contributed by atoms with E-state index in [9.17, 15) is 14.9 Å². The van der Waals surface area contributed by atoms with E-state index in [2.05, 4.69) is 0 Å². The quantitative estimate of drug-likeness (QED) is 0.411. The zero-order valence-electron chi connectivity index (χ0n) is 6.27. The molecule has 1 amide bonds. The zero-order valence-corrected chi connectivity index (χ0v) is 6.27. The second-order valence-corrected chi connectivity index (χ2v) is 2.99. The number of nitro groups is 1. The molecule has 1 saturated heterocycles. The molecule has 12 heavy (non-hydrogen) atoms. The summed E-state index contributed by atoms with van der Waals surface area (Å²) in [4.78, 5) is 20.8. The maximum Gasteiger partial charge on any atom is 0.407 e. The monoisotopic (exact) mass is 175 g/mol. The van der Waals surface area contributed by atoms with Crippen LogP contribution in [0.5, 0.6) is 0 Å². The van der Waals surface area contributed by atoms with Crippen molar-refractivity contribution in [3.63, 3.8) is 0 Å². The van der Waals surface area contributed by atoms with Crippen LogP contribution in [-0.4, -0.2) is 46.2 Å². The Morgan fingerprint density at radius 1 is 1.75 bits per heavy atom. The van der Waals surface area contributed by atoms with Gasteiger partial charge in [0.05, 0.1) is 13.1 Å². The summed E-state index contributed by atoms with van der Waals surface area (Å²) in [6, 6.07) is 0. The summed E-state index contributed by atoms with van der Waals surface area (Å²) in [5, 5.41) is 18.4. The first kappa shape index (κ1) is 8.72. The zero-order chi connectivity index (χ0) is 9.35. The summed E-state index contributed by atoms with van der Waals surface area (Å²) in [5.41, 5.74) is 4.53. The molecule has 0 aromatic carbocycles. The highest BCUT2D eigenvalue weighted by Crippen LogP contribution is 2.17. The van der Waals surface area contributed by atoms with Gasteiger partial charge in [0.25, 0.3) is 0 Å². The van der Waals surface area contributed by atoms with Crippen LogP contribution >= 0.6 is 0 Å². The number of likely N-dealkylation sites (tertiary alicyclic amines) is 1. The van der Waals surface area contributed by atoms with E-state index in [-0.39, 0.29) is 19.6 Å². The summed E-state index contributed by atoms with van der Waals surface area (Å²) in [7, 11) is 0. The van der Waals surface area contributed by atoms with Crippen LogP contribution < -0.4 is 5.73 Å². The topological polar surface area (TPSA) is 110 Å². The largest absolute Gasteiger partial charge is 0.465 e. The molecule has 1 fully saturated rings. The minimum Gasteiger partial charge on any atom is -0.465 e. The van der Waals surface area contributed by atoms with Gasteiger partial charge in [-0.15, -0.1) is 0 Å². The fourth-order valence-corrected chi connectivity index (χ4v) is 1.21. The van der Waals surface area contributed by atoms with E-state index in [1.54, 1.807) is 0 Å². The molecule has 1 heterocycles. The Kier molecular flexibility index (Phi) is 1.89. The van der Waals surface area contributed by atoms with E-state index in [4.69, 9.17) is 10.8 Å². The Labute approximate surface area is 67.9 Å². The number of rotatable bonds is 2. The van der Waals surface area contributed by atoms with Crippen molar-refractivity contribution in [2.75, 3.05) is 19.6 Å². The Hall–Kier alpha value is -1.37. The van der Waals surface area contributed by atoms with Gasteiger partial charge >= 0.3 is 6.09 Å². The molecule has 7 heteroatoms. The van der Waals surface area contributed by atoms with E-state index >= 15 is 0 Å². The second-order valence-electron chi connectivity index (χ2n) is 2.99. The van der Waals surface area contributed by atoms with Crippen molar-refractivity contribution in [3.8, 4) is 0 Å². The van der Waals surface area contributed by atoms with Crippen LogP contribution in [0.3, 0.4) is 0 Å². The average molecular weight is 175 g/mol. The third-order valence-corrected chi connectivity index (χ3v) is 1.73. The fourth-order valence-electron chi connectivity index (χ4n) is 1.21. The SMILES string of the molecule is NC1(C[N+](=O)[O-])CN(C(=O)O)C1. The fraction of sp³-hybridized carbons (Fsp3) is 0.800. The first-order valence-electron chi connectivity index (χ1n) is 3.31. The highest BCUT2D eigenvalue weighted by Gasteiger charge is 2.46. The number of nitrogens with two attached hydrogens (primary N) is 1. The minimum atomic E-state index is -1.08. The Morgan fingerprint density at radius 3 is 2.58 bits per heavy atom. The van der Waals surface area contributed by atoms with Crippen molar-refractivity contribution >= 4 is 6.09 Å². The number of nitrogens with zero attached hydrogens (tertiary/aromatic N) is 2. The molecule has 0 saturated carbocycles. The van der Waals surface area contributed by atoms with E-state index < -0.39 is 16.6 Å². The van der Waals surface area contributed by atoms with Crippen molar-refractivity contribution in [2.24, 2.45) is 5.73 Å². The second kappa shape index (κ2) is 2.59. The van der Waals surface area contributed by atoms with Crippen LogP contribution in [0, 0.1) is 10.1 Å². The number of hydrogen-bond acceptors (Lipinski definition) is 4. The Morgan fingerprint density at radius 2 is 2.25 bits per heavy atom. The normalized spacial score (nSPS) is 19.9. The predicted molar refractivity (Wildman–Crippen MR) is 38.4 cm³/mol. The van der Waals surface area contributed by atoms with Gasteiger partial charge < -0.3 is 15.7 Å². The molecule has 7 nitrogen and oxygen atoms in total. The van der Waals surface area contributed by atoms with Crippen LogP contribution in [0.25, 0.3) is 0 Å². The van der Waals surface area contributed by atoms with E-state index in [0.29, 0.717) is 0 Å². The maximum absolute atomic E-state index is 10.3. The number of hydrogen-bond donors (Lipinski definition) is 2. The maximum atomic E-state index is 10.3. The third kappa shape index (κ3) is 1.62. The molecule has 0 aromatic rings. The van der Waals surface area contributed by atoms with E-state index in [0.717, 1.165) is 4.90 Å². The van der Waals surface area contributed by atoms with Crippen LogP contribution in [0.1, 0.15) is 0 Å². The van der Waals surface area contributed by atoms with Gasteiger partial charge in [-0.25, -0.2) is 4.79 Å². The molecule has 0 bridgehead atoms. The van der Waals surface area contributed by atoms with Crippen molar-refractivity contribution in [1.82, 2.24) is 4.90 Å². The molecule has 1 aliphatic heterocycles. The summed E-state index contributed by atoms with van der Waals surface area (Å²) in [6.07, 6.45) is -1.08. The van der Waals surface area contributed by atoms with Gasteiger partial charge in [0.15, 0.2) is 0 Å². The van der Waals surface area contributed by atoms with Crippen LogP contribution in [-0.2, 0) is 0 Å². The van der Waals surface area contributed by atoms with Crippen LogP contribution in [0.2, 0.25) is 0 Å². The van der Waals surface area contributed by atoms with Gasteiger partial charge in [-0.1, -0.05) is 0 Å². The molecule has 68 valence electrons. The van der Waals surface area contributed by atoms with Crippen molar-refractivity contribution in [2.45, 2.75) is 5.54 Å². The molecule has 0 radical (unpaired) electrons. The lowest BCUT2D eigenvalue weighted by Gasteiger charge is -2.42. The lowest BCUT2D eigenvalue weighted by molar-refractivity contribution is -0.492. The molecule has 0 atom stereocenters. The van der Waals surface area contributed by atoms with Gasteiger partial charge in [0.2, 0.25) is 6.54 Å². The minimum absolute atomic E-state index is 0.0450. The number of carboxylic acid groups (broad SMARTS) is 1. The molecule has 0 aliphatic carbocycles. The van der Waals surface area contributed by atoms with Crippen LogP contribution in [0.4, 0.5) is 4.79 Å². The predicted octanol–water partition coefficient (Wildman–Crippen LogP) is -1.05. The molecule has 0 aromatic heterocycles. The standard InChI is InChI=1S/C5H9N3O4/c6-5(3-8(11)12)1-7(2-5)4(9)10/h1-3,6H2,(H,9,10). The molecular formula is C5H9N3O4. The van der Waals surface area contributed by atoms with Gasteiger partial charge in [0.1, 0.15) is 5.54 Å². The van der Waals surface area contributed by atoms with E-state index in [1.165, 1.54) is 0 Å². The summed E-state index contributed by atoms with van der Waals surface area (Å²) in [5.74, 6) is 0. The number of amides is 1. The van der Waals surface area contributed by atoms with Crippen molar-refractivity contribution in [3.05, 3.63) is 10.1 Å². The molecule has 1 rings (SSSR count). The smallest absolute Gasteiger partial charge is 0.407 e. The highest BCUT2D eigenvalue weighted by atomic mass is 16.6. The summed E-state index contributed by atoms with van der Waals surface area (Å²) >= 11 is 0. The van der Waals surface area contributed by atoms with Crippen LogP contribution in [0.15, 0.2) is 0 Å². The first-order valence-corrected chi connectivity index (χ1v) is 3.31. The van der Waals surface area contributed by atoms with Gasteiger partial charge in [-0.3, -0.25) is 10.1 Å². The third-order valence-electron chi connectivity index (χ3n) is 1.73. The summed E-state index contributed by atoms with van der Waals surface area (Å²) in [6.45, 7) is -0.288. The van der Waals surface area contributed by atoms with Gasteiger partial charge in [0, 0.05) is 4.92 Å². The van der Waals surface area contributed by atoms with Gasteiger partial charge in [-0.2, -0.15) is 0 Å². The van der Waals surface area contributed by atoms with Crippen molar-refractivity contribution in [1.29, 1.82) is 0 Å².